The van der Waals surface area contributed by atoms with Gasteiger partial charge in [0, 0.05) is 24.0 Å². The summed E-state index contributed by atoms with van der Waals surface area (Å²) < 4.78 is 2.14. The number of aromatic nitrogens is 4. The van der Waals surface area contributed by atoms with E-state index in [0.717, 1.165) is 36.1 Å². The van der Waals surface area contributed by atoms with Gasteiger partial charge in [0.1, 0.15) is 5.82 Å². The molecule has 0 aliphatic rings. The highest BCUT2D eigenvalue weighted by atomic mass is 32.2. The molecule has 3 aromatic heterocycles. The first kappa shape index (κ1) is 21.3. The van der Waals surface area contributed by atoms with Gasteiger partial charge in [-0.1, -0.05) is 54.2 Å². The van der Waals surface area contributed by atoms with Crippen molar-refractivity contribution in [3.63, 3.8) is 0 Å². The summed E-state index contributed by atoms with van der Waals surface area (Å²) >= 11 is 3.13. The lowest BCUT2D eigenvalue weighted by Crippen LogP contribution is -2.25. The van der Waals surface area contributed by atoms with Gasteiger partial charge in [0.2, 0.25) is 5.91 Å². The maximum absolute atomic E-state index is 12.3. The summed E-state index contributed by atoms with van der Waals surface area (Å²) in [6.45, 7) is 1.19. The summed E-state index contributed by atoms with van der Waals surface area (Å²) in [5.41, 5.74) is 2.10. The topological polar surface area (TPSA) is 72.7 Å². The van der Waals surface area contributed by atoms with Crippen molar-refractivity contribution in [1.82, 2.24) is 25.1 Å². The van der Waals surface area contributed by atoms with E-state index in [1.807, 2.05) is 30.3 Å². The first-order valence-electron chi connectivity index (χ1n) is 10.1. The molecule has 3 heterocycles. The summed E-state index contributed by atoms with van der Waals surface area (Å²) in [6, 6.07) is 20.2. The molecule has 4 aromatic rings. The first-order chi connectivity index (χ1) is 15.3. The zero-order valence-electron chi connectivity index (χ0n) is 17.0. The predicted octanol–water partition coefficient (Wildman–Crippen LogP) is 3.98. The lowest BCUT2D eigenvalue weighted by molar-refractivity contribution is -0.118. The molecule has 0 bridgehead atoms. The number of aryl methyl sites for hydroxylation is 1. The number of rotatable bonds is 10. The Kier molecular flexibility index (Phi) is 7.46. The molecule has 0 spiro atoms. The molecule has 1 N–H and O–H groups in total. The van der Waals surface area contributed by atoms with Crippen LogP contribution in [-0.4, -0.2) is 31.4 Å². The van der Waals surface area contributed by atoms with E-state index in [-0.39, 0.29) is 11.7 Å². The normalized spacial score (nSPS) is 10.8. The third-order valence-corrected chi connectivity index (χ3v) is 6.54. The molecule has 0 saturated carbocycles. The molecule has 8 heteroatoms. The van der Waals surface area contributed by atoms with E-state index in [1.54, 1.807) is 17.5 Å². The van der Waals surface area contributed by atoms with Gasteiger partial charge < -0.3 is 9.88 Å². The standard InChI is InChI=1S/C23H23N5OS2/c29-22(25-16-19-9-4-5-12-24-19)17-31-23-27-26-21(15-20-10-6-14-30-20)28(23)13-11-18-7-2-1-3-8-18/h1-10,12,14H,11,13,15-17H2,(H,25,29). The van der Waals surface area contributed by atoms with Crippen LogP contribution >= 0.6 is 23.1 Å². The van der Waals surface area contributed by atoms with Crippen LogP contribution in [0, 0.1) is 0 Å². The molecule has 0 aliphatic heterocycles. The first-order valence-corrected chi connectivity index (χ1v) is 11.9. The van der Waals surface area contributed by atoms with Crippen LogP contribution in [0.5, 0.6) is 0 Å². The fourth-order valence-corrected chi connectivity index (χ4v) is 4.62. The zero-order valence-corrected chi connectivity index (χ0v) is 18.6. The molecular formula is C23H23N5OS2. The van der Waals surface area contributed by atoms with Gasteiger partial charge in [-0.2, -0.15) is 0 Å². The van der Waals surface area contributed by atoms with Crippen LogP contribution < -0.4 is 5.32 Å². The molecule has 4 rings (SSSR count). The van der Waals surface area contributed by atoms with Gasteiger partial charge in [-0.15, -0.1) is 21.5 Å². The fraction of sp³-hybridized carbons (Fsp3) is 0.217. The van der Waals surface area contributed by atoms with Gasteiger partial charge >= 0.3 is 0 Å². The number of pyridine rings is 1. The number of thioether (sulfide) groups is 1. The lowest BCUT2D eigenvalue weighted by Gasteiger charge is -2.10. The van der Waals surface area contributed by atoms with E-state index in [2.05, 4.69) is 60.8 Å². The second kappa shape index (κ2) is 10.9. The molecule has 0 atom stereocenters. The minimum atomic E-state index is -0.0481. The number of nitrogens with zero attached hydrogens (tertiary/aromatic N) is 4. The molecular weight excluding hydrogens is 426 g/mol. The van der Waals surface area contributed by atoms with E-state index in [0.29, 0.717) is 6.54 Å². The van der Waals surface area contributed by atoms with Crippen LogP contribution in [0.1, 0.15) is 22.0 Å². The average Bonchev–Trinajstić information content (AvgIpc) is 3.46. The molecule has 1 amide bonds. The molecule has 158 valence electrons. The summed E-state index contributed by atoms with van der Waals surface area (Å²) in [5, 5.41) is 14.6. The van der Waals surface area contributed by atoms with Crippen molar-refractivity contribution in [1.29, 1.82) is 0 Å². The monoisotopic (exact) mass is 449 g/mol. The van der Waals surface area contributed by atoms with E-state index in [1.165, 1.54) is 22.2 Å². The number of nitrogens with one attached hydrogen (secondary N) is 1. The molecule has 6 nitrogen and oxygen atoms in total. The van der Waals surface area contributed by atoms with E-state index in [9.17, 15) is 4.79 Å². The number of amides is 1. The van der Waals surface area contributed by atoms with Crippen LogP contribution in [0.4, 0.5) is 0 Å². The highest BCUT2D eigenvalue weighted by molar-refractivity contribution is 7.99. The highest BCUT2D eigenvalue weighted by Crippen LogP contribution is 2.21. The molecule has 0 unspecified atom stereocenters. The Hall–Kier alpha value is -2.97. The van der Waals surface area contributed by atoms with Gasteiger partial charge in [0.05, 0.1) is 18.0 Å². The van der Waals surface area contributed by atoms with E-state index in [4.69, 9.17) is 0 Å². The molecule has 0 aliphatic carbocycles. The van der Waals surface area contributed by atoms with Crippen LogP contribution in [0.25, 0.3) is 0 Å². The van der Waals surface area contributed by atoms with Crippen molar-refractivity contribution in [2.24, 2.45) is 0 Å². The molecule has 0 saturated heterocycles. The second-order valence-electron chi connectivity index (χ2n) is 6.93. The SMILES string of the molecule is O=C(CSc1nnc(Cc2cccs2)n1CCc1ccccc1)NCc1ccccn1. The summed E-state index contributed by atoms with van der Waals surface area (Å²) in [7, 11) is 0. The Morgan fingerprint density at radius 1 is 1.03 bits per heavy atom. The third-order valence-electron chi connectivity index (χ3n) is 4.70. The summed E-state index contributed by atoms with van der Waals surface area (Å²) in [5.74, 6) is 1.16. The van der Waals surface area contributed by atoms with Crippen LogP contribution in [0.15, 0.2) is 77.4 Å². The van der Waals surface area contributed by atoms with Gasteiger partial charge in [-0.3, -0.25) is 9.78 Å². The van der Waals surface area contributed by atoms with Crippen LogP contribution in [-0.2, 0) is 30.7 Å². The van der Waals surface area contributed by atoms with Crippen molar-refractivity contribution in [3.8, 4) is 0 Å². The quantitative estimate of drug-likeness (QED) is 0.371. The van der Waals surface area contributed by atoms with E-state index < -0.39 is 0 Å². The fourth-order valence-electron chi connectivity index (χ4n) is 3.11. The average molecular weight is 450 g/mol. The molecule has 0 fully saturated rings. The van der Waals surface area contributed by atoms with Crippen molar-refractivity contribution in [2.75, 3.05) is 5.75 Å². The summed E-state index contributed by atoms with van der Waals surface area (Å²) in [4.78, 5) is 17.8. The van der Waals surface area contributed by atoms with Gasteiger partial charge in [-0.25, -0.2) is 0 Å². The Morgan fingerprint density at radius 3 is 2.68 bits per heavy atom. The Morgan fingerprint density at radius 2 is 1.90 bits per heavy atom. The van der Waals surface area contributed by atoms with Crippen molar-refractivity contribution in [3.05, 3.63) is 94.2 Å². The van der Waals surface area contributed by atoms with Crippen LogP contribution in [0.2, 0.25) is 0 Å². The van der Waals surface area contributed by atoms with Gasteiger partial charge in [-0.05, 0) is 35.6 Å². The predicted molar refractivity (Wildman–Crippen MR) is 124 cm³/mol. The Balaban J connectivity index is 1.40. The molecule has 0 radical (unpaired) electrons. The highest BCUT2D eigenvalue weighted by Gasteiger charge is 2.15. The van der Waals surface area contributed by atoms with Crippen molar-refractivity contribution in [2.45, 2.75) is 31.1 Å². The minimum Gasteiger partial charge on any atom is -0.350 e. The Bertz CT molecular complexity index is 1080. The number of carbonyl (C=O) groups is 1. The lowest BCUT2D eigenvalue weighted by atomic mass is 10.1. The van der Waals surface area contributed by atoms with Crippen LogP contribution in [0.3, 0.4) is 0 Å². The maximum atomic E-state index is 12.3. The molecule has 1 aromatic carbocycles. The smallest absolute Gasteiger partial charge is 0.230 e. The number of hydrogen-bond acceptors (Lipinski definition) is 6. The van der Waals surface area contributed by atoms with E-state index >= 15 is 0 Å². The zero-order chi connectivity index (χ0) is 21.3. The largest absolute Gasteiger partial charge is 0.350 e. The number of benzene rings is 1. The summed E-state index contributed by atoms with van der Waals surface area (Å²) in [6.07, 6.45) is 3.35. The maximum Gasteiger partial charge on any atom is 0.230 e. The number of thiophene rings is 1. The van der Waals surface area contributed by atoms with Crippen molar-refractivity contribution < 1.29 is 4.79 Å². The Labute approximate surface area is 189 Å². The van der Waals surface area contributed by atoms with Crippen molar-refractivity contribution >= 4 is 29.0 Å². The van der Waals surface area contributed by atoms with Gasteiger partial charge in [0.25, 0.3) is 0 Å². The molecule has 31 heavy (non-hydrogen) atoms. The van der Waals surface area contributed by atoms with Gasteiger partial charge in [0.15, 0.2) is 5.16 Å². The minimum absolute atomic E-state index is 0.0481. The third kappa shape index (κ3) is 6.26. The number of hydrogen-bond donors (Lipinski definition) is 1. The second-order valence-corrected chi connectivity index (χ2v) is 8.90. The number of carbonyl (C=O) groups excluding carboxylic acids is 1.